The highest BCUT2D eigenvalue weighted by Crippen LogP contribution is 2.15. The average Bonchev–Trinajstić information content (AvgIpc) is 3.24. The van der Waals surface area contributed by atoms with E-state index < -0.39 is 6.10 Å². The highest BCUT2D eigenvalue weighted by atomic mass is 16.6. The molecule has 60 heavy (non-hydrogen) atoms. The largest absolute Gasteiger partial charge is 0.462 e. The minimum atomic E-state index is -0.778. The fourth-order valence-electron chi connectivity index (χ4n) is 7.14. The van der Waals surface area contributed by atoms with E-state index in [1.165, 1.54) is 128 Å². The van der Waals surface area contributed by atoms with Gasteiger partial charge in [0.1, 0.15) is 13.2 Å². The molecule has 0 aromatic rings. The van der Waals surface area contributed by atoms with Crippen molar-refractivity contribution in [2.24, 2.45) is 0 Å². The third-order valence-corrected chi connectivity index (χ3v) is 11.1. The van der Waals surface area contributed by atoms with Crippen molar-refractivity contribution >= 4 is 17.9 Å². The van der Waals surface area contributed by atoms with Crippen LogP contribution >= 0.6 is 0 Å². The summed E-state index contributed by atoms with van der Waals surface area (Å²) in [6.07, 6.45) is 58.1. The molecule has 0 spiro atoms. The van der Waals surface area contributed by atoms with Gasteiger partial charge in [0.05, 0.1) is 0 Å². The molecule has 0 bridgehead atoms. The smallest absolute Gasteiger partial charge is 0.306 e. The quantitative estimate of drug-likeness (QED) is 0.0263. The molecular weight excluding hydrogens is 745 g/mol. The van der Waals surface area contributed by atoms with Gasteiger partial charge in [-0.05, 0) is 77.0 Å². The van der Waals surface area contributed by atoms with Crippen molar-refractivity contribution in [2.45, 2.75) is 264 Å². The average molecular weight is 841 g/mol. The molecule has 6 heteroatoms. The van der Waals surface area contributed by atoms with Crippen LogP contribution in [0.4, 0.5) is 0 Å². The Morgan fingerprint density at radius 1 is 0.333 bits per heavy atom. The molecule has 0 aliphatic rings. The van der Waals surface area contributed by atoms with Gasteiger partial charge in [-0.3, -0.25) is 14.4 Å². The van der Waals surface area contributed by atoms with Crippen LogP contribution in [0.3, 0.4) is 0 Å². The molecule has 0 aliphatic carbocycles. The van der Waals surface area contributed by atoms with E-state index in [1.807, 2.05) is 0 Å². The van der Waals surface area contributed by atoms with Gasteiger partial charge in [0.2, 0.25) is 0 Å². The van der Waals surface area contributed by atoms with Crippen LogP contribution in [0.25, 0.3) is 0 Å². The van der Waals surface area contributed by atoms with E-state index in [0.29, 0.717) is 19.3 Å². The topological polar surface area (TPSA) is 78.9 Å². The first-order valence-electron chi connectivity index (χ1n) is 25.6. The number of carbonyl (C=O) groups is 3. The lowest BCUT2D eigenvalue weighted by Crippen LogP contribution is -2.30. The molecule has 0 saturated heterocycles. The van der Waals surface area contributed by atoms with Gasteiger partial charge in [0.25, 0.3) is 0 Å². The summed E-state index contributed by atoms with van der Waals surface area (Å²) in [4.78, 5) is 37.9. The standard InChI is InChI=1S/C54H96O6/c1-4-7-10-13-16-19-21-23-25-26-27-28-29-31-32-35-38-41-44-47-53(56)59-50-51(49-58-52(55)46-43-40-37-34-18-15-12-9-6-3)60-54(57)48-45-42-39-36-33-30-24-22-20-17-14-11-8-5-2/h14,16-17,19,22-25,51H,4-13,15,18,20-21,26-50H2,1-3H3/b17-14-,19-16-,24-22-,25-23-/t51-/m1/s1. The van der Waals surface area contributed by atoms with Crippen molar-refractivity contribution in [3.05, 3.63) is 48.6 Å². The van der Waals surface area contributed by atoms with Crippen LogP contribution in [0.2, 0.25) is 0 Å². The highest BCUT2D eigenvalue weighted by Gasteiger charge is 2.19. The lowest BCUT2D eigenvalue weighted by atomic mass is 10.1. The lowest BCUT2D eigenvalue weighted by molar-refractivity contribution is -0.167. The molecule has 0 amide bonds. The molecule has 0 radical (unpaired) electrons. The van der Waals surface area contributed by atoms with Crippen molar-refractivity contribution in [1.82, 2.24) is 0 Å². The zero-order valence-corrected chi connectivity index (χ0v) is 39.7. The molecule has 0 aromatic carbocycles. The summed E-state index contributed by atoms with van der Waals surface area (Å²) in [5, 5.41) is 0. The van der Waals surface area contributed by atoms with Crippen molar-refractivity contribution in [3.8, 4) is 0 Å². The predicted molar refractivity (Wildman–Crippen MR) is 256 cm³/mol. The number of esters is 3. The van der Waals surface area contributed by atoms with E-state index in [4.69, 9.17) is 14.2 Å². The molecule has 0 aliphatic heterocycles. The first-order chi connectivity index (χ1) is 29.5. The van der Waals surface area contributed by atoms with Gasteiger partial charge in [0, 0.05) is 19.3 Å². The number of carbonyl (C=O) groups excluding carboxylic acids is 3. The van der Waals surface area contributed by atoms with E-state index in [-0.39, 0.29) is 31.1 Å². The Hall–Kier alpha value is -2.63. The fourth-order valence-corrected chi connectivity index (χ4v) is 7.14. The molecule has 6 nitrogen and oxygen atoms in total. The van der Waals surface area contributed by atoms with E-state index in [0.717, 1.165) is 89.9 Å². The number of allylic oxidation sites excluding steroid dienone is 8. The summed E-state index contributed by atoms with van der Waals surface area (Å²) >= 11 is 0. The Kier molecular flexibility index (Phi) is 46.9. The van der Waals surface area contributed by atoms with E-state index in [1.54, 1.807) is 0 Å². The first-order valence-corrected chi connectivity index (χ1v) is 25.6. The second-order valence-electron chi connectivity index (χ2n) is 17.1. The van der Waals surface area contributed by atoms with Crippen LogP contribution in [-0.4, -0.2) is 37.2 Å². The molecule has 1 atom stereocenters. The normalized spacial score (nSPS) is 12.4. The molecule has 0 fully saturated rings. The fraction of sp³-hybridized carbons (Fsp3) is 0.796. The molecule has 0 unspecified atom stereocenters. The summed E-state index contributed by atoms with van der Waals surface area (Å²) in [6.45, 7) is 6.55. The third kappa shape index (κ3) is 46.4. The molecular formula is C54H96O6. The second kappa shape index (κ2) is 49.0. The van der Waals surface area contributed by atoms with Gasteiger partial charge < -0.3 is 14.2 Å². The summed E-state index contributed by atoms with van der Waals surface area (Å²) in [7, 11) is 0. The molecule has 0 saturated carbocycles. The Labute approximate surface area is 371 Å². The zero-order valence-electron chi connectivity index (χ0n) is 39.7. The van der Waals surface area contributed by atoms with Crippen LogP contribution in [0.15, 0.2) is 48.6 Å². The van der Waals surface area contributed by atoms with Crippen molar-refractivity contribution < 1.29 is 28.6 Å². The SMILES string of the molecule is CCCC/C=C\C/C=C\CCCCCCCC(=O)O[C@H](COC(=O)CCCCCCCCCCC)COC(=O)CCCCCCCCCCC/C=C\C/C=C\CCCCC. The van der Waals surface area contributed by atoms with Crippen LogP contribution in [0.5, 0.6) is 0 Å². The molecule has 0 N–H and O–H groups in total. The number of rotatable bonds is 46. The van der Waals surface area contributed by atoms with Crippen LogP contribution < -0.4 is 0 Å². The van der Waals surface area contributed by atoms with Gasteiger partial charge in [-0.25, -0.2) is 0 Å². The summed E-state index contributed by atoms with van der Waals surface area (Å²) in [5.41, 5.74) is 0. The summed E-state index contributed by atoms with van der Waals surface area (Å²) in [5.74, 6) is -0.894. The Balaban J connectivity index is 4.31. The van der Waals surface area contributed by atoms with Crippen LogP contribution in [-0.2, 0) is 28.6 Å². The minimum absolute atomic E-state index is 0.0785. The van der Waals surface area contributed by atoms with Crippen molar-refractivity contribution in [3.63, 3.8) is 0 Å². The van der Waals surface area contributed by atoms with Crippen molar-refractivity contribution in [1.29, 1.82) is 0 Å². The van der Waals surface area contributed by atoms with Crippen LogP contribution in [0.1, 0.15) is 258 Å². The van der Waals surface area contributed by atoms with Gasteiger partial charge in [-0.2, -0.15) is 0 Å². The molecule has 0 rings (SSSR count). The van der Waals surface area contributed by atoms with Crippen LogP contribution in [0, 0.1) is 0 Å². The molecule has 0 aromatic heterocycles. The number of hydrogen-bond acceptors (Lipinski definition) is 6. The first kappa shape index (κ1) is 57.4. The lowest BCUT2D eigenvalue weighted by Gasteiger charge is -2.18. The predicted octanol–water partition coefficient (Wildman–Crippen LogP) is 16.7. The number of ether oxygens (including phenoxy) is 3. The van der Waals surface area contributed by atoms with Gasteiger partial charge in [0.15, 0.2) is 6.10 Å². The second-order valence-corrected chi connectivity index (χ2v) is 17.1. The minimum Gasteiger partial charge on any atom is -0.462 e. The monoisotopic (exact) mass is 841 g/mol. The maximum absolute atomic E-state index is 12.8. The Morgan fingerprint density at radius 3 is 1.00 bits per heavy atom. The molecule has 0 heterocycles. The summed E-state index contributed by atoms with van der Waals surface area (Å²) in [6, 6.07) is 0. The maximum atomic E-state index is 12.8. The Bertz CT molecular complexity index is 1060. The maximum Gasteiger partial charge on any atom is 0.306 e. The third-order valence-electron chi connectivity index (χ3n) is 11.1. The van der Waals surface area contributed by atoms with E-state index >= 15 is 0 Å². The molecule has 348 valence electrons. The van der Waals surface area contributed by atoms with Gasteiger partial charge >= 0.3 is 17.9 Å². The van der Waals surface area contributed by atoms with E-state index in [9.17, 15) is 14.4 Å². The summed E-state index contributed by atoms with van der Waals surface area (Å²) < 4.78 is 16.7. The van der Waals surface area contributed by atoms with Gasteiger partial charge in [-0.15, -0.1) is 0 Å². The number of unbranched alkanes of at least 4 members (excludes halogenated alkanes) is 27. The van der Waals surface area contributed by atoms with E-state index in [2.05, 4.69) is 69.4 Å². The number of hydrogen-bond donors (Lipinski definition) is 0. The van der Waals surface area contributed by atoms with Crippen molar-refractivity contribution in [2.75, 3.05) is 13.2 Å². The Morgan fingerprint density at radius 2 is 0.617 bits per heavy atom. The highest BCUT2D eigenvalue weighted by molar-refractivity contribution is 5.71. The van der Waals surface area contributed by atoms with Gasteiger partial charge in [-0.1, -0.05) is 211 Å². The zero-order chi connectivity index (χ0) is 43.7.